The normalized spacial score (nSPS) is 17.4. The van der Waals surface area contributed by atoms with Gasteiger partial charge in [-0.3, -0.25) is 5.32 Å². The molecule has 0 aliphatic carbocycles. The molecule has 0 saturated carbocycles. The summed E-state index contributed by atoms with van der Waals surface area (Å²) in [6.07, 6.45) is 0. The Morgan fingerprint density at radius 2 is 2.19 bits per heavy atom. The van der Waals surface area contributed by atoms with Crippen molar-refractivity contribution >= 4 is 22.4 Å². The Hall–Kier alpha value is -1.07. The number of likely N-dealkylation sites (N-methyl/N-ethyl adjacent to an activating group) is 1. The van der Waals surface area contributed by atoms with Crippen molar-refractivity contribution in [1.82, 2.24) is 9.80 Å². The highest BCUT2D eigenvalue weighted by Crippen LogP contribution is 2.15. The van der Waals surface area contributed by atoms with Gasteiger partial charge in [-0.05, 0) is 24.1 Å². The van der Waals surface area contributed by atoms with E-state index in [9.17, 15) is 4.79 Å². The van der Waals surface area contributed by atoms with Crippen LogP contribution in [0.2, 0.25) is 0 Å². The van der Waals surface area contributed by atoms with E-state index in [1.807, 2.05) is 22.4 Å². The average Bonchev–Trinajstić information content (AvgIpc) is 2.82. The molecule has 0 spiro atoms. The van der Waals surface area contributed by atoms with Gasteiger partial charge >= 0.3 is 6.03 Å². The van der Waals surface area contributed by atoms with Gasteiger partial charge in [0.1, 0.15) is 0 Å². The van der Waals surface area contributed by atoms with Crippen molar-refractivity contribution < 1.29 is 4.79 Å². The lowest BCUT2D eigenvalue weighted by atomic mass is 10.3. The fourth-order valence-corrected chi connectivity index (χ4v) is 2.41. The summed E-state index contributed by atoms with van der Waals surface area (Å²) >= 11 is 1.55. The summed E-state index contributed by atoms with van der Waals surface area (Å²) in [4.78, 5) is 16.1. The molecule has 4 nitrogen and oxygen atoms in total. The van der Waals surface area contributed by atoms with Gasteiger partial charge < -0.3 is 9.80 Å². The monoisotopic (exact) mass is 239 g/mol. The molecule has 1 aliphatic heterocycles. The van der Waals surface area contributed by atoms with Gasteiger partial charge in [0.25, 0.3) is 0 Å². The van der Waals surface area contributed by atoms with Crippen molar-refractivity contribution in [3.63, 3.8) is 0 Å². The summed E-state index contributed by atoms with van der Waals surface area (Å²) in [7, 11) is 0. The minimum atomic E-state index is 0.0261. The molecule has 1 N–H and O–H groups in total. The van der Waals surface area contributed by atoms with Crippen LogP contribution in [0, 0.1) is 0 Å². The third-order valence-electron chi connectivity index (χ3n) is 2.86. The summed E-state index contributed by atoms with van der Waals surface area (Å²) in [5, 5.41) is 5.79. The van der Waals surface area contributed by atoms with Gasteiger partial charge in [-0.25, -0.2) is 4.79 Å². The van der Waals surface area contributed by atoms with Gasteiger partial charge in [-0.2, -0.15) is 0 Å². The highest BCUT2D eigenvalue weighted by molar-refractivity contribution is 7.14. The number of nitrogens with one attached hydrogen (secondary N) is 1. The summed E-state index contributed by atoms with van der Waals surface area (Å²) in [5.74, 6) is 0. The van der Waals surface area contributed by atoms with E-state index in [0.717, 1.165) is 37.7 Å². The molecule has 1 fully saturated rings. The number of amides is 2. The van der Waals surface area contributed by atoms with E-state index in [0.29, 0.717) is 0 Å². The molecule has 0 radical (unpaired) electrons. The molecule has 1 aliphatic rings. The van der Waals surface area contributed by atoms with Crippen LogP contribution in [0.1, 0.15) is 6.92 Å². The van der Waals surface area contributed by atoms with Gasteiger partial charge in [0.05, 0.1) is 5.00 Å². The van der Waals surface area contributed by atoms with Crippen molar-refractivity contribution in [1.29, 1.82) is 0 Å². The van der Waals surface area contributed by atoms with E-state index in [4.69, 9.17) is 0 Å². The van der Waals surface area contributed by atoms with E-state index >= 15 is 0 Å². The number of carbonyl (C=O) groups excluding carboxylic acids is 1. The minimum Gasteiger partial charge on any atom is -0.322 e. The molecule has 0 bridgehead atoms. The smallest absolute Gasteiger partial charge is 0.322 e. The van der Waals surface area contributed by atoms with E-state index < -0.39 is 0 Å². The molecule has 0 unspecified atom stereocenters. The third-order valence-corrected chi connectivity index (χ3v) is 3.64. The van der Waals surface area contributed by atoms with Gasteiger partial charge in [-0.15, -0.1) is 11.3 Å². The zero-order chi connectivity index (χ0) is 11.4. The Morgan fingerprint density at radius 1 is 1.44 bits per heavy atom. The molecule has 1 aromatic heterocycles. The number of carbonyl (C=O) groups is 1. The van der Waals surface area contributed by atoms with E-state index in [-0.39, 0.29) is 6.03 Å². The number of piperazine rings is 1. The van der Waals surface area contributed by atoms with E-state index in [2.05, 4.69) is 17.1 Å². The van der Waals surface area contributed by atoms with Gasteiger partial charge in [0, 0.05) is 26.2 Å². The molecular formula is C11H17N3OS. The summed E-state index contributed by atoms with van der Waals surface area (Å²) in [6.45, 7) is 6.83. The van der Waals surface area contributed by atoms with Crippen LogP contribution in [-0.4, -0.2) is 48.6 Å². The van der Waals surface area contributed by atoms with Crippen molar-refractivity contribution in [3.05, 3.63) is 17.5 Å². The number of urea groups is 1. The highest BCUT2D eigenvalue weighted by atomic mass is 32.1. The topological polar surface area (TPSA) is 35.6 Å². The number of thiophene rings is 1. The Bertz CT molecular complexity index is 331. The summed E-state index contributed by atoms with van der Waals surface area (Å²) < 4.78 is 0. The first-order valence-corrected chi connectivity index (χ1v) is 6.49. The standard InChI is InChI=1S/C11H17N3OS/c1-2-13-5-7-14(8-6-13)11(15)12-10-4-3-9-16-10/h3-4,9H,2,5-8H2,1H3,(H,12,15). The first-order chi connectivity index (χ1) is 7.79. The predicted octanol–water partition coefficient (Wildman–Crippen LogP) is 1.92. The minimum absolute atomic E-state index is 0.0261. The Kier molecular flexibility index (Phi) is 3.79. The molecule has 1 aromatic rings. The van der Waals surface area contributed by atoms with E-state index in [1.165, 1.54) is 0 Å². The maximum absolute atomic E-state index is 11.9. The quantitative estimate of drug-likeness (QED) is 0.856. The molecule has 5 heteroatoms. The SMILES string of the molecule is CCN1CCN(C(=O)Nc2cccs2)CC1. The van der Waals surface area contributed by atoms with Crippen molar-refractivity contribution in [2.24, 2.45) is 0 Å². The second-order valence-corrected chi connectivity index (χ2v) is 4.78. The van der Waals surface area contributed by atoms with Crippen LogP contribution in [0.15, 0.2) is 17.5 Å². The van der Waals surface area contributed by atoms with Crippen LogP contribution in [0.5, 0.6) is 0 Å². The first-order valence-electron chi connectivity index (χ1n) is 5.61. The molecule has 88 valence electrons. The predicted molar refractivity (Wildman–Crippen MR) is 67.0 cm³/mol. The van der Waals surface area contributed by atoms with Crippen LogP contribution in [0.25, 0.3) is 0 Å². The summed E-state index contributed by atoms with van der Waals surface area (Å²) in [6, 6.07) is 3.89. The lowest BCUT2D eigenvalue weighted by molar-refractivity contribution is 0.151. The number of rotatable bonds is 2. The maximum atomic E-state index is 11.9. The zero-order valence-electron chi connectivity index (χ0n) is 9.48. The van der Waals surface area contributed by atoms with Crippen LogP contribution in [0.3, 0.4) is 0 Å². The molecule has 0 aromatic carbocycles. The summed E-state index contributed by atoms with van der Waals surface area (Å²) in [5.41, 5.74) is 0. The number of anilines is 1. The Labute approximate surface area is 99.9 Å². The van der Waals surface area contributed by atoms with Gasteiger partial charge in [0.2, 0.25) is 0 Å². The van der Waals surface area contributed by atoms with Gasteiger partial charge in [0.15, 0.2) is 0 Å². The molecule has 16 heavy (non-hydrogen) atoms. The lowest BCUT2D eigenvalue weighted by Gasteiger charge is -2.33. The number of hydrogen-bond donors (Lipinski definition) is 1. The number of hydrogen-bond acceptors (Lipinski definition) is 3. The molecule has 2 amide bonds. The van der Waals surface area contributed by atoms with Crippen molar-refractivity contribution in [3.8, 4) is 0 Å². The Balaban J connectivity index is 1.82. The largest absolute Gasteiger partial charge is 0.322 e. The van der Waals surface area contributed by atoms with Crippen LogP contribution in [0.4, 0.5) is 9.80 Å². The Morgan fingerprint density at radius 3 is 2.75 bits per heavy atom. The van der Waals surface area contributed by atoms with Crippen LogP contribution in [-0.2, 0) is 0 Å². The fourth-order valence-electron chi connectivity index (χ4n) is 1.80. The van der Waals surface area contributed by atoms with Crippen molar-refractivity contribution in [2.75, 3.05) is 38.0 Å². The molecule has 1 saturated heterocycles. The van der Waals surface area contributed by atoms with E-state index in [1.54, 1.807) is 11.3 Å². The lowest BCUT2D eigenvalue weighted by Crippen LogP contribution is -2.49. The molecule has 2 rings (SSSR count). The highest BCUT2D eigenvalue weighted by Gasteiger charge is 2.19. The zero-order valence-corrected chi connectivity index (χ0v) is 10.3. The molecule has 0 atom stereocenters. The maximum Gasteiger partial charge on any atom is 0.322 e. The first kappa shape index (κ1) is 11.4. The van der Waals surface area contributed by atoms with Crippen LogP contribution >= 0.6 is 11.3 Å². The third kappa shape index (κ3) is 2.74. The average molecular weight is 239 g/mol. The number of nitrogens with zero attached hydrogens (tertiary/aromatic N) is 2. The molecular weight excluding hydrogens is 222 g/mol. The van der Waals surface area contributed by atoms with Crippen molar-refractivity contribution in [2.45, 2.75) is 6.92 Å². The molecule has 2 heterocycles. The second-order valence-electron chi connectivity index (χ2n) is 3.83. The fraction of sp³-hybridized carbons (Fsp3) is 0.545. The second kappa shape index (κ2) is 5.32. The van der Waals surface area contributed by atoms with Gasteiger partial charge in [-0.1, -0.05) is 6.92 Å². The van der Waals surface area contributed by atoms with Crippen LogP contribution < -0.4 is 5.32 Å².